The number of halogens is 1. The molecule has 2 rings (SSSR count). The lowest BCUT2D eigenvalue weighted by Crippen LogP contribution is -2.43. The zero-order valence-corrected chi connectivity index (χ0v) is 14.9. The molecule has 0 bridgehead atoms. The molecule has 0 aliphatic carbocycles. The summed E-state index contributed by atoms with van der Waals surface area (Å²) in [5.41, 5.74) is 0.574. The average Bonchev–Trinajstić information content (AvgIpc) is 2.55. The number of hydrogen-bond donors (Lipinski definition) is 1. The number of sulfonamides is 1. The van der Waals surface area contributed by atoms with Crippen LogP contribution in [0.5, 0.6) is 0 Å². The van der Waals surface area contributed by atoms with Crippen LogP contribution in [0.2, 0.25) is 0 Å². The molecule has 1 fully saturated rings. The van der Waals surface area contributed by atoms with Crippen LogP contribution in [0.4, 0.5) is 5.69 Å². The lowest BCUT2D eigenvalue weighted by molar-refractivity contribution is -0.115. The Kier molecular flexibility index (Phi) is 6.44. The molecule has 0 radical (unpaired) electrons. The Hall–Kier alpha value is -1.11. The molecule has 7 heteroatoms. The second-order valence-electron chi connectivity index (χ2n) is 5.69. The van der Waals surface area contributed by atoms with Crippen LogP contribution in [0.15, 0.2) is 29.2 Å². The van der Waals surface area contributed by atoms with Gasteiger partial charge in [-0.2, -0.15) is 4.31 Å². The summed E-state index contributed by atoms with van der Waals surface area (Å²) in [6.45, 7) is 2.60. The third-order valence-corrected chi connectivity index (χ3v) is 6.27. The van der Waals surface area contributed by atoms with Gasteiger partial charge in [-0.25, -0.2) is 8.42 Å². The molecule has 0 saturated carbocycles. The van der Waals surface area contributed by atoms with Gasteiger partial charge in [-0.05, 0) is 43.5 Å². The minimum absolute atomic E-state index is 0.0804. The van der Waals surface area contributed by atoms with Gasteiger partial charge in [-0.3, -0.25) is 4.79 Å². The van der Waals surface area contributed by atoms with Gasteiger partial charge in [0.25, 0.3) is 0 Å². The van der Waals surface area contributed by atoms with Crippen molar-refractivity contribution in [1.29, 1.82) is 0 Å². The number of nitrogens with zero attached hydrogens (tertiary/aromatic N) is 1. The fraction of sp³-hybridized carbons (Fsp3) is 0.562. The van der Waals surface area contributed by atoms with Gasteiger partial charge >= 0.3 is 0 Å². The molecule has 1 heterocycles. The Morgan fingerprint density at radius 2 is 2.00 bits per heavy atom. The van der Waals surface area contributed by atoms with Crippen LogP contribution in [0.1, 0.15) is 39.0 Å². The second kappa shape index (κ2) is 8.13. The Morgan fingerprint density at radius 3 is 2.61 bits per heavy atom. The molecular formula is C16H23ClN2O3S. The third-order valence-electron chi connectivity index (χ3n) is 4.11. The van der Waals surface area contributed by atoms with Gasteiger partial charge in [0.2, 0.25) is 15.9 Å². The summed E-state index contributed by atoms with van der Waals surface area (Å²) in [5, 5.41) is 2.69. The fourth-order valence-corrected chi connectivity index (χ4v) is 4.79. The minimum atomic E-state index is -3.48. The molecule has 0 unspecified atom stereocenters. The van der Waals surface area contributed by atoms with E-state index in [1.807, 2.05) is 6.92 Å². The maximum Gasteiger partial charge on any atom is 0.243 e. The first kappa shape index (κ1) is 18.2. The van der Waals surface area contributed by atoms with Crippen LogP contribution in [0.3, 0.4) is 0 Å². The molecule has 1 aliphatic heterocycles. The lowest BCUT2D eigenvalue weighted by Gasteiger charge is -2.34. The largest absolute Gasteiger partial charge is 0.326 e. The first-order valence-electron chi connectivity index (χ1n) is 7.96. The number of piperidine rings is 1. The number of alkyl halides is 1. The minimum Gasteiger partial charge on any atom is -0.326 e. The Morgan fingerprint density at radius 1 is 1.30 bits per heavy atom. The van der Waals surface area contributed by atoms with E-state index in [1.54, 1.807) is 28.6 Å². The molecule has 1 aliphatic rings. The predicted octanol–water partition coefficient (Wildman–Crippen LogP) is 3.21. The second-order valence-corrected chi connectivity index (χ2v) is 7.95. The number of carbonyl (C=O) groups is 1. The number of carbonyl (C=O) groups excluding carboxylic acids is 1. The van der Waals surface area contributed by atoms with Gasteiger partial charge in [-0.1, -0.05) is 13.3 Å². The van der Waals surface area contributed by atoms with Crippen LogP contribution in [-0.2, 0) is 14.8 Å². The molecule has 128 valence electrons. The van der Waals surface area contributed by atoms with E-state index in [1.165, 1.54) is 0 Å². The number of anilines is 1. The van der Waals surface area contributed by atoms with Crippen molar-refractivity contribution < 1.29 is 13.2 Å². The Balaban J connectivity index is 2.15. The summed E-state index contributed by atoms with van der Waals surface area (Å²) in [5.74, 6) is 0.0729. The molecule has 0 spiro atoms. The maximum atomic E-state index is 12.8. The molecule has 5 nitrogen and oxygen atoms in total. The molecule has 1 N–H and O–H groups in total. The molecule has 1 saturated heterocycles. The summed E-state index contributed by atoms with van der Waals surface area (Å²) in [6.07, 6.45) is 3.96. The lowest BCUT2D eigenvalue weighted by atomic mass is 10.0. The molecule has 23 heavy (non-hydrogen) atoms. The Bertz CT molecular complexity index is 631. The van der Waals surface area contributed by atoms with Gasteiger partial charge in [0.15, 0.2) is 0 Å². The SMILES string of the molecule is CC[C@@H]1CCCCN1S(=O)(=O)c1ccc(NC(=O)CCCl)cc1. The highest BCUT2D eigenvalue weighted by atomic mass is 35.5. The van der Waals surface area contributed by atoms with Crippen LogP contribution in [-0.4, -0.2) is 37.1 Å². The monoisotopic (exact) mass is 358 g/mol. The maximum absolute atomic E-state index is 12.8. The van der Waals surface area contributed by atoms with Gasteiger partial charge in [0.1, 0.15) is 0 Å². The van der Waals surface area contributed by atoms with E-state index in [0.717, 1.165) is 25.7 Å². The van der Waals surface area contributed by atoms with E-state index in [4.69, 9.17) is 11.6 Å². The molecular weight excluding hydrogens is 336 g/mol. The highest BCUT2D eigenvalue weighted by Crippen LogP contribution is 2.27. The zero-order chi connectivity index (χ0) is 16.9. The number of amides is 1. The standard InChI is InChI=1S/C16H23ClN2O3S/c1-2-14-5-3-4-12-19(14)23(21,22)15-8-6-13(7-9-15)18-16(20)10-11-17/h6-9,14H,2-5,10-12H2,1H3,(H,18,20)/t14-/m1/s1. The molecule has 1 amide bonds. The number of nitrogens with one attached hydrogen (secondary N) is 1. The van der Waals surface area contributed by atoms with Crippen molar-refractivity contribution in [3.63, 3.8) is 0 Å². The van der Waals surface area contributed by atoms with Crippen molar-refractivity contribution in [2.75, 3.05) is 17.7 Å². The predicted molar refractivity (Wildman–Crippen MR) is 92.2 cm³/mol. The number of rotatable bonds is 6. The van der Waals surface area contributed by atoms with E-state index >= 15 is 0 Å². The summed E-state index contributed by atoms with van der Waals surface area (Å²) in [7, 11) is -3.48. The highest BCUT2D eigenvalue weighted by Gasteiger charge is 2.32. The normalized spacial score (nSPS) is 19.5. The van der Waals surface area contributed by atoms with Crippen LogP contribution in [0.25, 0.3) is 0 Å². The Labute approximate surface area is 143 Å². The van der Waals surface area contributed by atoms with Gasteiger partial charge < -0.3 is 5.32 Å². The van der Waals surface area contributed by atoms with Gasteiger partial charge in [0.05, 0.1) is 4.90 Å². The fourth-order valence-electron chi connectivity index (χ4n) is 2.85. The van der Waals surface area contributed by atoms with E-state index in [-0.39, 0.29) is 29.1 Å². The molecule has 1 aromatic carbocycles. The van der Waals surface area contributed by atoms with Crippen molar-refractivity contribution in [3.05, 3.63) is 24.3 Å². The van der Waals surface area contributed by atoms with E-state index < -0.39 is 10.0 Å². The van der Waals surface area contributed by atoms with E-state index in [9.17, 15) is 13.2 Å². The quantitative estimate of drug-likeness (QED) is 0.794. The first-order valence-corrected chi connectivity index (χ1v) is 9.94. The van der Waals surface area contributed by atoms with Crippen LogP contribution in [0, 0.1) is 0 Å². The molecule has 1 aromatic rings. The molecule has 1 atom stereocenters. The number of hydrogen-bond acceptors (Lipinski definition) is 3. The van der Waals surface area contributed by atoms with Crippen molar-refractivity contribution >= 4 is 33.2 Å². The van der Waals surface area contributed by atoms with Gasteiger partial charge in [0, 0.05) is 30.6 Å². The smallest absolute Gasteiger partial charge is 0.243 e. The average molecular weight is 359 g/mol. The van der Waals surface area contributed by atoms with Crippen molar-refractivity contribution in [3.8, 4) is 0 Å². The third kappa shape index (κ3) is 4.46. The summed E-state index contributed by atoms with van der Waals surface area (Å²) >= 11 is 5.52. The summed E-state index contributed by atoms with van der Waals surface area (Å²) in [4.78, 5) is 11.8. The summed E-state index contributed by atoms with van der Waals surface area (Å²) in [6, 6.07) is 6.41. The van der Waals surface area contributed by atoms with E-state index in [2.05, 4.69) is 5.32 Å². The zero-order valence-electron chi connectivity index (χ0n) is 13.3. The van der Waals surface area contributed by atoms with Gasteiger partial charge in [-0.15, -0.1) is 11.6 Å². The highest BCUT2D eigenvalue weighted by molar-refractivity contribution is 7.89. The number of benzene rings is 1. The van der Waals surface area contributed by atoms with Crippen molar-refractivity contribution in [1.82, 2.24) is 4.31 Å². The van der Waals surface area contributed by atoms with Crippen LogP contribution >= 0.6 is 11.6 Å². The van der Waals surface area contributed by atoms with Crippen molar-refractivity contribution in [2.45, 2.75) is 50.0 Å². The van der Waals surface area contributed by atoms with Crippen LogP contribution < -0.4 is 5.32 Å². The summed E-state index contributed by atoms with van der Waals surface area (Å²) < 4.78 is 27.2. The topological polar surface area (TPSA) is 66.5 Å². The van der Waals surface area contributed by atoms with E-state index in [0.29, 0.717) is 12.2 Å². The first-order chi connectivity index (χ1) is 11.0. The molecule has 0 aromatic heterocycles. The van der Waals surface area contributed by atoms with Crippen molar-refractivity contribution in [2.24, 2.45) is 0 Å².